The molecule has 1 aromatic rings. The van der Waals surface area contributed by atoms with Crippen LogP contribution in [0.4, 0.5) is 0 Å². The smallest absolute Gasteiger partial charge is 0.106 e. The normalized spacial score (nSPS) is 11.5. The minimum Gasteiger partial charge on any atom is -0.399 e. The molecule has 1 rings (SSSR count). The number of hydrogen-bond donors (Lipinski definition) is 0. The molecule has 3 heteroatoms. The summed E-state index contributed by atoms with van der Waals surface area (Å²) in [6.07, 6.45) is 0. The minimum absolute atomic E-state index is 0.896. The summed E-state index contributed by atoms with van der Waals surface area (Å²) in [6, 6.07) is 8.36. The quantitative estimate of drug-likeness (QED) is 0.565. The Kier molecular flexibility index (Phi) is 5.26. The second-order valence-corrected chi connectivity index (χ2v) is 4.50. The van der Waals surface area contributed by atoms with Crippen LogP contribution in [0.1, 0.15) is 18.1 Å². The lowest BCUT2D eigenvalue weighted by molar-refractivity contribution is 0.213. The molecular formula is C12H17NOS. The zero-order chi connectivity index (χ0) is 11.1. The Bertz CT molecular complexity index is 319. The van der Waals surface area contributed by atoms with Crippen molar-refractivity contribution in [2.24, 2.45) is 5.16 Å². The SMILES string of the molecule is CCSC/C(=N\OC)c1ccc(C)cc1. The van der Waals surface area contributed by atoms with Crippen LogP contribution in [0.3, 0.4) is 0 Å². The molecule has 0 spiro atoms. The van der Waals surface area contributed by atoms with Gasteiger partial charge >= 0.3 is 0 Å². The second-order valence-electron chi connectivity index (χ2n) is 3.22. The van der Waals surface area contributed by atoms with Crippen molar-refractivity contribution in [1.82, 2.24) is 0 Å². The average Bonchev–Trinajstić information content (AvgIpc) is 2.25. The molecule has 82 valence electrons. The Hall–Kier alpha value is -0.960. The number of thioether (sulfide) groups is 1. The van der Waals surface area contributed by atoms with Gasteiger partial charge in [-0.25, -0.2) is 0 Å². The van der Waals surface area contributed by atoms with E-state index in [1.165, 1.54) is 5.56 Å². The molecule has 15 heavy (non-hydrogen) atoms. The van der Waals surface area contributed by atoms with Gasteiger partial charge in [0.25, 0.3) is 0 Å². The summed E-state index contributed by atoms with van der Waals surface area (Å²) in [5, 5.41) is 4.06. The van der Waals surface area contributed by atoms with E-state index < -0.39 is 0 Å². The van der Waals surface area contributed by atoms with E-state index in [-0.39, 0.29) is 0 Å². The van der Waals surface area contributed by atoms with Gasteiger partial charge in [0.15, 0.2) is 0 Å². The van der Waals surface area contributed by atoms with Gasteiger partial charge in [-0.3, -0.25) is 0 Å². The average molecular weight is 223 g/mol. The summed E-state index contributed by atoms with van der Waals surface area (Å²) in [5.74, 6) is 1.99. The van der Waals surface area contributed by atoms with Gasteiger partial charge in [0, 0.05) is 11.3 Å². The summed E-state index contributed by atoms with van der Waals surface area (Å²) in [7, 11) is 1.59. The largest absolute Gasteiger partial charge is 0.399 e. The van der Waals surface area contributed by atoms with Crippen LogP contribution in [0, 0.1) is 6.92 Å². The lowest BCUT2D eigenvalue weighted by Crippen LogP contribution is -2.05. The highest BCUT2D eigenvalue weighted by molar-refractivity contribution is 7.99. The molecule has 0 amide bonds. The first-order valence-corrected chi connectivity index (χ1v) is 6.18. The first-order valence-electron chi connectivity index (χ1n) is 5.02. The highest BCUT2D eigenvalue weighted by atomic mass is 32.2. The lowest BCUT2D eigenvalue weighted by atomic mass is 10.1. The fourth-order valence-corrected chi connectivity index (χ4v) is 1.83. The Morgan fingerprint density at radius 2 is 2.00 bits per heavy atom. The van der Waals surface area contributed by atoms with Crippen LogP contribution in [0.25, 0.3) is 0 Å². The van der Waals surface area contributed by atoms with E-state index in [0.29, 0.717) is 0 Å². The van der Waals surface area contributed by atoms with Crippen molar-refractivity contribution in [3.63, 3.8) is 0 Å². The van der Waals surface area contributed by atoms with E-state index in [0.717, 1.165) is 22.8 Å². The summed E-state index contributed by atoms with van der Waals surface area (Å²) in [4.78, 5) is 4.86. The summed E-state index contributed by atoms with van der Waals surface area (Å²) in [5.41, 5.74) is 3.41. The zero-order valence-corrected chi connectivity index (χ0v) is 10.3. The van der Waals surface area contributed by atoms with E-state index in [1.807, 2.05) is 11.8 Å². The maximum Gasteiger partial charge on any atom is 0.106 e. The number of benzene rings is 1. The maximum absolute atomic E-state index is 4.86. The lowest BCUT2D eigenvalue weighted by Gasteiger charge is -2.05. The monoisotopic (exact) mass is 223 g/mol. The minimum atomic E-state index is 0.896. The standard InChI is InChI=1S/C12H17NOS/c1-4-15-9-12(13-14-3)11-7-5-10(2)6-8-11/h5-8H,4,9H2,1-3H3/b13-12+. The molecule has 0 fully saturated rings. The van der Waals surface area contributed by atoms with Gasteiger partial charge in [0.05, 0.1) is 5.71 Å². The van der Waals surface area contributed by atoms with Crippen molar-refractivity contribution >= 4 is 17.5 Å². The topological polar surface area (TPSA) is 21.6 Å². The first kappa shape index (κ1) is 12.1. The molecular weight excluding hydrogens is 206 g/mol. The Morgan fingerprint density at radius 1 is 1.33 bits per heavy atom. The van der Waals surface area contributed by atoms with Crippen LogP contribution in [0.2, 0.25) is 0 Å². The van der Waals surface area contributed by atoms with E-state index >= 15 is 0 Å². The van der Waals surface area contributed by atoms with Crippen LogP contribution in [-0.4, -0.2) is 24.3 Å². The van der Waals surface area contributed by atoms with Crippen LogP contribution in [0.15, 0.2) is 29.4 Å². The van der Waals surface area contributed by atoms with Gasteiger partial charge in [0.1, 0.15) is 7.11 Å². The maximum atomic E-state index is 4.86. The number of oxime groups is 1. The molecule has 0 heterocycles. The third-order valence-corrected chi connectivity index (χ3v) is 2.91. The van der Waals surface area contributed by atoms with E-state index in [4.69, 9.17) is 4.84 Å². The van der Waals surface area contributed by atoms with Crippen LogP contribution in [-0.2, 0) is 4.84 Å². The second kappa shape index (κ2) is 6.51. The highest BCUT2D eigenvalue weighted by Crippen LogP contribution is 2.10. The molecule has 0 bridgehead atoms. The van der Waals surface area contributed by atoms with Crippen LogP contribution < -0.4 is 0 Å². The number of hydrogen-bond acceptors (Lipinski definition) is 3. The fourth-order valence-electron chi connectivity index (χ4n) is 1.22. The summed E-state index contributed by atoms with van der Waals surface area (Å²) >= 11 is 1.84. The van der Waals surface area contributed by atoms with Gasteiger partial charge in [-0.05, 0) is 12.7 Å². The van der Waals surface area contributed by atoms with Gasteiger partial charge in [-0.2, -0.15) is 11.8 Å². The van der Waals surface area contributed by atoms with Gasteiger partial charge < -0.3 is 4.84 Å². The van der Waals surface area contributed by atoms with Gasteiger partial charge in [-0.1, -0.05) is 41.9 Å². The molecule has 1 aromatic carbocycles. The van der Waals surface area contributed by atoms with Crippen molar-refractivity contribution in [2.75, 3.05) is 18.6 Å². The number of aryl methyl sites for hydroxylation is 1. The molecule has 0 aliphatic heterocycles. The van der Waals surface area contributed by atoms with Crippen molar-refractivity contribution in [2.45, 2.75) is 13.8 Å². The zero-order valence-electron chi connectivity index (χ0n) is 9.49. The van der Waals surface area contributed by atoms with E-state index in [9.17, 15) is 0 Å². The molecule has 0 saturated carbocycles. The summed E-state index contributed by atoms with van der Waals surface area (Å²) < 4.78 is 0. The predicted molar refractivity (Wildman–Crippen MR) is 67.7 cm³/mol. The third kappa shape index (κ3) is 3.96. The Morgan fingerprint density at radius 3 is 2.53 bits per heavy atom. The first-order chi connectivity index (χ1) is 7.27. The Labute approximate surface area is 95.7 Å². The Balaban J connectivity index is 2.79. The third-order valence-electron chi connectivity index (χ3n) is 2.03. The van der Waals surface area contributed by atoms with Crippen LogP contribution >= 0.6 is 11.8 Å². The van der Waals surface area contributed by atoms with Gasteiger partial charge in [-0.15, -0.1) is 0 Å². The molecule has 0 N–H and O–H groups in total. The van der Waals surface area contributed by atoms with Gasteiger partial charge in [0.2, 0.25) is 0 Å². The fraction of sp³-hybridized carbons (Fsp3) is 0.417. The predicted octanol–water partition coefficient (Wildman–Crippen LogP) is 3.10. The van der Waals surface area contributed by atoms with E-state index in [1.54, 1.807) is 7.11 Å². The molecule has 2 nitrogen and oxygen atoms in total. The molecule has 0 aliphatic carbocycles. The van der Waals surface area contributed by atoms with Crippen molar-refractivity contribution < 1.29 is 4.84 Å². The summed E-state index contributed by atoms with van der Waals surface area (Å²) in [6.45, 7) is 4.22. The molecule has 0 saturated heterocycles. The molecule has 0 atom stereocenters. The molecule has 0 aromatic heterocycles. The van der Waals surface area contributed by atoms with Crippen LogP contribution in [0.5, 0.6) is 0 Å². The van der Waals surface area contributed by atoms with E-state index in [2.05, 4.69) is 43.3 Å². The van der Waals surface area contributed by atoms with Crippen molar-refractivity contribution in [3.8, 4) is 0 Å². The highest BCUT2D eigenvalue weighted by Gasteiger charge is 2.03. The number of rotatable bonds is 5. The molecule has 0 aliphatic rings. The van der Waals surface area contributed by atoms with Crippen molar-refractivity contribution in [3.05, 3.63) is 35.4 Å². The molecule has 0 radical (unpaired) electrons. The number of nitrogens with zero attached hydrogens (tertiary/aromatic N) is 1. The molecule has 0 unspecified atom stereocenters. The van der Waals surface area contributed by atoms with Crippen molar-refractivity contribution in [1.29, 1.82) is 0 Å².